The fourth-order valence-electron chi connectivity index (χ4n) is 2.13. The smallest absolute Gasteiger partial charge is 0.143 e. The van der Waals surface area contributed by atoms with Crippen LogP contribution in [-0.4, -0.2) is 19.5 Å². The highest BCUT2D eigenvalue weighted by atomic mass is 16.5. The van der Waals surface area contributed by atoms with Gasteiger partial charge >= 0.3 is 0 Å². The number of benzene rings is 1. The minimum absolute atomic E-state index is 0.566. The molecule has 1 heterocycles. The Kier molecular flexibility index (Phi) is 3.29. The number of ether oxygens (including phenoxy) is 1. The van der Waals surface area contributed by atoms with Gasteiger partial charge in [0, 0.05) is 13.0 Å². The molecule has 88 valence electrons. The SMILES string of the molecule is COc1cccc(C#N)c1N1CCCCC1=N. The predicted octanol–water partition coefficient (Wildman–Crippen LogP) is 2.53. The fraction of sp³-hybridized carbons (Fsp3) is 0.385. The van der Waals surface area contributed by atoms with Crippen molar-refractivity contribution in [2.45, 2.75) is 19.3 Å². The molecule has 1 aromatic carbocycles. The van der Waals surface area contributed by atoms with Crippen LogP contribution in [0.3, 0.4) is 0 Å². The maximum Gasteiger partial charge on any atom is 0.143 e. The summed E-state index contributed by atoms with van der Waals surface area (Å²) in [6, 6.07) is 7.56. The molecule has 0 amide bonds. The standard InChI is InChI=1S/C13H15N3O/c1-17-11-6-4-5-10(9-14)13(11)16-8-3-2-7-12(16)15/h4-6,15H,2-3,7-8H2,1H3. The molecule has 0 radical (unpaired) electrons. The second kappa shape index (κ2) is 4.88. The zero-order chi connectivity index (χ0) is 12.3. The van der Waals surface area contributed by atoms with Crippen molar-refractivity contribution in [1.82, 2.24) is 0 Å². The number of hydrogen-bond acceptors (Lipinski definition) is 3. The van der Waals surface area contributed by atoms with Crippen molar-refractivity contribution in [3.63, 3.8) is 0 Å². The summed E-state index contributed by atoms with van der Waals surface area (Å²) in [6.07, 6.45) is 2.86. The quantitative estimate of drug-likeness (QED) is 0.847. The van der Waals surface area contributed by atoms with Crippen LogP contribution in [-0.2, 0) is 0 Å². The average Bonchev–Trinajstić information content (AvgIpc) is 2.38. The highest BCUT2D eigenvalue weighted by Gasteiger charge is 2.22. The van der Waals surface area contributed by atoms with E-state index in [9.17, 15) is 0 Å². The number of nitriles is 1. The van der Waals surface area contributed by atoms with Gasteiger partial charge in [0.15, 0.2) is 0 Å². The number of anilines is 1. The summed E-state index contributed by atoms with van der Waals surface area (Å²) >= 11 is 0. The number of methoxy groups -OCH3 is 1. The van der Waals surface area contributed by atoms with Crippen molar-refractivity contribution in [2.24, 2.45) is 0 Å². The van der Waals surface area contributed by atoms with Gasteiger partial charge in [-0.05, 0) is 25.0 Å². The molecule has 1 N–H and O–H groups in total. The van der Waals surface area contributed by atoms with Crippen molar-refractivity contribution in [2.75, 3.05) is 18.6 Å². The lowest BCUT2D eigenvalue weighted by Gasteiger charge is -2.31. The van der Waals surface area contributed by atoms with Gasteiger partial charge in [0.1, 0.15) is 23.3 Å². The van der Waals surface area contributed by atoms with Gasteiger partial charge in [-0.25, -0.2) is 0 Å². The summed E-state index contributed by atoms with van der Waals surface area (Å²) < 4.78 is 5.30. The molecule has 2 rings (SSSR count). The molecular formula is C13H15N3O. The first-order chi connectivity index (χ1) is 8.27. The van der Waals surface area contributed by atoms with E-state index in [1.54, 1.807) is 19.2 Å². The van der Waals surface area contributed by atoms with Crippen LogP contribution >= 0.6 is 0 Å². The highest BCUT2D eigenvalue weighted by molar-refractivity contribution is 5.98. The number of amidine groups is 1. The molecule has 1 saturated heterocycles. The topological polar surface area (TPSA) is 60.1 Å². The molecule has 1 aromatic rings. The van der Waals surface area contributed by atoms with Crippen LogP contribution in [0.15, 0.2) is 18.2 Å². The van der Waals surface area contributed by atoms with Gasteiger partial charge in [-0.2, -0.15) is 5.26 Å². The highest BCUT2D eigenvalue weighted by Crippen LogP contribution is 2.34. The zero-order valence-corrected chi connectivity index (χ0v) is 9.86. The lowest BCUT2D eigenvalue weighted by atomic mass is 10.1. The Morgan fingerprint density at radius 1 is 1.41 bits per heavy atom. The van der Waals surface area contributed by atoms with Gasteiger partial charge in [-0.15, -0.1) is 0 Å². The van der Waals surface area contributed by atoms with Crippen molar-refractivity contribution < 1.29 is 4.74 Å². The van der Waals surface area contributed by atoms with Crippen LogP contribution in [0.1, 0.15) is 24.8 Å². The van der Waals surface area contributed by atoms with Crippen LogP contribution in [0, 0.1) is 16.7 Å². The third kappa shape index (κ3) is 2.09. The fourth-order valence-corrected chi connectivity index (χ4v) is 2.13. The number of rotatable bonds is 2. The van der Waals surface area contributed by atoms with Gasteiger partial charge in [0.25, 0.3) is 0 Å². The molecule has 0 spiro atoms. The van der Waals surface area contributed by atoms with Gasteiger partial charge in [-0.1, -0.05) is 6.07 Å². The van der Waals surface area contributed by atoms with Crippen LogP contribution in [0.4, 0.5) is 5.69 Å². The van der Waals surface area contributed by atoms with Gasteiger partial charge in [0.2, 0.25) is 0 Å². The summed E-state index contributed by atoms with van der Waals surface area (Å²) in [4.78, 5) is 1.89. The van der Waals surface area contributed by atoms with E-state index in [0.717, 1.165) is 31.5 Å². The molecule has 1 aliphatic rings. The Balaban J connectivity index is 2.48. The normalized spacial score (nSPS) is 15.5. The Labute approximate surface area is 101 Å². The Morgan fingerprint density at radius 3 is 2.88 bits per heavy atom. The second-order valence-corrected chi connectivity index (χ2v) is 4.02. The third-order valence-corrected chi connectivity index (χ3v) is 2.98. The molecule has 0 saturated carbocycles. The molecule has 0 aliphatic carbocycles. The first-order valence-electron chi connectivity index (χ1n) is 5.70. The molecule has 4 heteroatoms. The minimum atomic E-state index is 0.566. The molecule has 0 unspecified atom stereocenters. The largest absolute Gasteiger partial charge is 0.495 e. The minimum Gasteiger partial charge on any atom is -0.495 e. The van der Waals surface area contributed by atoms with E-state index in [1.165, 1.54) is 0 Å². The zero-order valence-electron chi connectivity index (χ0n) is 9.86. The lowest BCUT2D eigenvalue weighted by molar-refractivity contribution is 0.415. The van der Waals surface area contributed by atoms with Crippen molar-refractivity contribution in [3.05, 3.63) is 23.8 Å². The maximum atomic E-state index is 9.15. The summed E-state index contributed by atoms with van der Waals surface area (Å²) in [5, 5.41) is 17.1. The lowest BCUT2D eigenvalue weighted by Crippen LogP contribution is -2.35. The van der Waals surface area contributed by atoms with Crippen molar-refractivity contribution in [1.29, 1.82) is 10.7 Å². The number of para-hydroxylation sites is 1. The van der Waals surface area contributed by atoms with E-state index in [0.29, 0.717) is 17.1 Å². The van der Waals surface area contributed by atoms with Crippen LogP contribution in [0.2, 0.25) is 0 Å². The second-order valence-electron chi connectivity index (χ2n) is 4.02. The summed E-state index contributed by atoms with van der Waals surface area (Å²) in [6.45, 7) is 0.786. The molecule has 17 heavy (non-hydrogen) atoms. The Hall–Kier alpha value is -2.02. The molecular weight excluding hydrogens is 214 g/mol. The van der Waals surface area contributed by atoms with E-state index >= 15 is 0 Å². The average molecular weight is 229 g/mol. The first kappa shape index (κ1) is 11.5. The molecule has 0 bridgehead atoms. The molecule has 4 nitrogen and oxygen atoms in total. The van der Waals surface area contributed by atoms with Crippen LogP contribution in [0.25, 0.3) is 0 Å². The van der Waals surface area contributed by atoms with Crippen molar-refractivity contribution >= 4 is 11.5 Å². The van der Waals surface area contributed by atoms with E-state index in [1.807, 2.05) is 11.0 Å². The molecule has 0 aromatic heterocycles. The number of hydrogen-bond donors (Lipinski definition) is 1. The van der Waals surface area contributed by atoms with E-state index in [2.05, 4.69) is 6.07 Å². The Morgan fingerprint density at radius 2 is 2.24 bits per heavy atom. The van der Waals surface area contributed by atoms with Crippen LogP contribution < -0.4 is 9.64 Å². The van der Waals surface area contributed by atoms with E-state index < -0.39 is 0 Å². The summed E-state index contributed by atoms with van der Waals surface area (Å²) in [5.41, 5.74) is 1.30. The molecule has 0 atom stereocenters. The molecule has 1 aliphatic heterocycles. The summed E-state index contributed by atoms with van der Waals surface area (Å²) in [5.74, 6) is 1.23. The number of piperidine rings is 1. The maximum absolute atomic E-state index is 9.15. The predicted molar refractivity (Wildman–Crippen MR) is 66.6 cm³/mol. The van der Waals surface area contributed by atoms with Gasteiger partial charge in [0.05, 0.1) is 12.7 Å². The number of nitrogens with zero attached hydrogens (tertiary/aromatic N) is 2. The van der Waals surface area contributed by atoms with E-state index in [4.69, 9.17) is 15.4 Å². The van der Waals surface area contributed by atoms with Gasteiger partial charge < -0.3 is 9.64 Å². The van der Waals surface area contributed by atoms with Crippen molar-refractivity contribution in [3.8, 4) is 11.8 Å². The molecule has 1 fully saturated rings. The van der Waals surface area contributed by atoms with Crippen LogP contribution in [0.5, 0.6) is 5.75 Å². The van der Waals surface area contributed by atoms with E-state index in [-0.39, 0.29) is 0 Å². The first-order valence-corrected chi connectivity index (χ1v) is 5.70. The number of nitrogens with one attached hydrogen (secondary N) is 1. The third-order valence-electron chi connectivity index (χ3n) is 2.98. The van der Waals surface area contributed by atoms with Gasteiger partial charge in [-0.3, -0.25) is 5.41 Å². The Bertz CT molecular complexity index is 476. The summed E-state index contributed by atoms with van der Waals surface area (Å²) in [7, 11) is 1.59. The monoisotopic (exact) mass is 229 g/mol.